The minimum Gasteiger partial charge on any atom is -0.402 e. The lowest BCUT2D eigenvalue weighted by Gasteiger charge is -1.94. The van der Waals surface area contributed by atoms with Gasteiger partial charge in [-0.05, 0) is 19.9 Å². The van der Waals surface area contributed by atoms with Crippen LogP contribution in [0.3, 0.4) is 0 Å². The fourth-order valence-corrected chi connectivity index (χ4v) is 0.581. The molecule has 0 aliphatic heterocycles. The molecule has 0 bridgehead atoms. The number of rotatable bonds is 3. The van der Waals surface area contributed by atoms with Crippen molar-refractivity contribution in [3.8, 4) is 0 Å². The quantitative estimate of drug-likeness (QED) is 0.553. The van der Waals surface area contributed by atoms with Gasteiger partial charge < -0.3 is 11.5 Å². The van der Waals surface area contributed by atoms with Crippen LogP contribution in [0.1, 0.15) is 13.8 Å². The number of carbonyl (C=O) groups is 1. The van der Waals surface area contributed by atoms with Gasteiger partial charge in [-0.1, -0.05) is 0 Å². The zero-order chi connectivity index (χ0) is 8.85. The zero-order valence-corrected chi connectivity index (χ0v) is 6.79. The number of primary amides is 1. The highest BCUT2D eigenvalue weighted by molar-refractivity contribution is 6.42. The number of aliphatic imine (C=N–C) groups is 1. The molecule has 0 spiro atoms. The minimum atomic E-state index is -0.545. The maximum atomic E-state index is 10.6. The number of amides is 1. The molecule has 0 radical (unpaired) electrons. The summed E-state index contributed by atoms with van der Waals surface area (Å²) in [5, 5.41) is 0. The van der Waals surface area contributed by atoms with E-state index >= 15 is 0 Å². The second-order valence-electron chi connectivity index (χ2n) is 2.11. The molecule has 4 nitrogen and oxygen atoms in total. The molecule has 1 amide bonds. The summed E-state index contributed by atoms with van der Waals surface area (Å²) in [6.45, 7) is 4.03. The molecule has 11 heavy (non-hydrogen) atoms. The zero-order valence-electron chi connectivity index (χ0n) is 6.79. The Morgan fingerprint density at radius 3 is 2.36 bits per heavy atom. The molecule has 4 N–H and O–H groups in total. The third kappa shape index (κ3) is 4.13. The normalized spacial score (nSPS) is 13.3. The van der Waals surface area contributed by atoms with E-state index in [-0.39, 0.29) is 5.71 Å². The van der Waals surface area contributed by atoms with Gasteiger partial charge in [-0.3, -0.25) is 9.79 Å². The fraction of sp³-hybridized carbons (Fsp3) is 0.429. The van der Waals surface area contributed by atoms with Crippen LogP contribution in [0.4, 0.5) is 0 Å². The molecule has 0 heterocycles. The molecule has 0 unspecified atom stereocenters. The van der Waals surface area contributed by atoms with Gasteiger partial charge in [0.05, 0.1) is 0 Å². The molecule has 4 heteroatoms. The minimum absolute atomic E-state index is 0.229. The van der Waals surface area contributed by atoms with Crippen LogP contribution in [0.2, 0.25) is 0 Å². The van der Waals surface area contributed by atoms with Crippen molar-refractivity contribution in [3.63, 3.8) is 0 Å². The van der Waals surface area contributed by atoms with Gasteiger partial charge in [0.2, 0.25) is 0 Å². The predicted octanol–water partition coefficient (Wildman–Crippen LogP) is -0.205. The smallest absolute Gasteiger partial charge is 0.266 e. The summed E-state index contributed by atoms with van der Waals surface area (Å²) in [7, 11) is 0. The maximum absolute atomic E-state index is 10.6. The van der Waals surface area contributed by atoms with Crippen LogP contribution in [-0.2, 0) is 4.79 Å². The van der Waals surface area contributed by atoms with E-state index in [0.717, 1.165) is 0 Å². The molecular formula is C7H13N3O. The second-order valence-corrected chi connectivity index (χ2v) is 2.11. The van der Waals surface area contributed by atoms with Gasteiger partial charge in [-0.25, -0.2) is 0 Å². The van der Waals surface area contributed by atoms with E-state index in [0.29, 0.717) is 12.2 Å². The van der Waals surface area contributed by atoms with Crippen molar-refractivity contribution >= 4 is 11.6 Å². The Bertz CT molecular complexity index is 202. The van der Waals surface area contributed by atoms with Crippen molar-refractivity contribution in [2.24, 2.45) is 16.5 Å². The summed E-state index contributed by atoms with van der Waals surface area (Å²) in [5.41, 5.74) is 11.1. The topological polar surface area (TPSA) is 81.5 Å². The van der Waals surface area contributed by atoms with Crippen LogP contribution in [0.25, 0.3) is 0 Å². The van der Waals surface area contributed by atoms with Gasteiger partial charge in [0, 0.05) is 12.2 Å². The second kappa shape index (κ2) is 4.49. The molecule has 62 valence electrons. The van der Waals surface area contributed by atoms with Crippen molar-refractivity contribution < 1.29 is 4.79 Å². The number of nitrogens with zero attached hydrogens (tertiary/aromatic N) is 1. The van der Waals surface area contributed by atoms with Crippen molar-refractivity contribution in [2.45, 2.75) is 13.8 Å². The fourth-order valence-electron chi connectivity index (χ4n) is 0.581. The Hall–Kier alpha value is -1.32. The Kier molecular flexibility index (Phi) is 3.95. The molecule has 0 aliphatic carbocycles. The number of hydrogen-bond donors (Lipinski definition) is 2. The Morgan fingerprint density at radius 1 is 1.55 bits per heavy atom. The third-order valence-corrected chi connectivity index (χ3v) is 0.945. The average molecular weight is 155 g/mol. The monoisotopic (exact) mass is 155 g/mol. The highest BCUT2D eigenvalue weighted by Gasteiger charge is 2.00. The molecule has 0 aromatic rings. The van der Waals surface area contributed by atoms with Crippen LogP contribution in [0.5, 0.6) is 0 Å². The Labute approximate surface area is 66.0 Å². The average Bonchev–Trinajstić information content (AvgIpc) is 1.86. The first-order valence-corrected chi connectivity index (χ1v) is 3.36. The van der Waals surface area contributed by atoms with E-state index in [1.807, 2.05) is 6.92 Å². The highest BCUT2D eigenvalue weighted by atomic mass is 16.1. The molecule has 0 atom stereocenters. The van der Waals surface area contributed by atoms with E-state index in [1.165, 1.54) is 6.08 Å². The molecule has 0 aromatic carbocycles. The van der Waals surface area contributed by atoms with Crippen molar-refractivity contribution in [3.05, 3.63) is 11.8 Å². The number of hydrogen-bond acceptors (Lipinski definition) is 3. The van der Waals surface area contributed by atoms with Crippen molar-refractivity contribution in [1.82, 2.24) is 0 Å². The summed E-state index contributed by atoms with van der Waals surface area (Å²) in [4.78, 5) is 14.5. The summed E-state index contributed by atoms with van der Waals surface area (Å²) >= 11 is 0. The lowest BCUT2D eigenvalue weighted by molar-refractivity contribution is -0.111. The first-order chi connectivity index (χ1) is 5.07. The lowest BCUT2D eigenvalue weighted by atomic mass is 10.3. The van der Waals surface area contributed by atoms with E-state index in [1.54, 1.807) is 6.92 Å². The largest absolute Gasteiger partial charge is 0.402 e. The highest BCUT2D eigenvalue weighted by Crippen LogP contribution is 1.86. The third-order valence-electron chi connectivity index (χ3n) is 0.945. The Balaban J connectivity index is 4.50. The number of carbonyl (C=O) groups excluding carboxylic acids is 1. The van der Waals surface area contributed by atoms with Crippen LogP contribution >= 0.6 is 0 Å². The molecule has 0 saturated carbocycles. The maximum Gasteiger partial charge on any atom is 0.266 e. The SMILES string of the molecule is CCN=C(C=C(C)N)C(N)=O. The molecular weight excluding hydrogens is 142 g/mol. The first-order valence-electron chi connectivity index (χ1n) is 3.36. The first kappa shape index (κ1) is 9.68. The predicted molar refractivity (Wildman–Crippen MR) is 45.1 cm³/mol. The Morgan fingerprint density at radius 2 is 2.09 bits per heavy atom. The van der Waals surface area contributed by atoms with Crippen molar-refractivity contribution in [1.29, 1.82) is 0 Å². The molecule has 0 fully saturated rings. The van der Waals surface area contributed by atoms with Gasteiger partial charge in [0.25, 0.3) is 5.91 Å². The summed E-state index contributed by atoms with van der Waals surface area (Å²) in [5.74, 6) is -0.545. The summed E-state index contributed by atoms with van der Waals surface area (Å²) < 4.78 is 0. The van der Waals surface area contributed by atoms with E-state index in [4.69, 9.17) is 11.5 Å². The molecule has 0 aromatic heterocycles. The molecule has 0 saturated heterocycles. The van der Waals surface area contributed by atoms with Crippen LogP contribution in [-0.4, -0.2) is 18.2 Å². The molecule has 0 rings (SSSR count). The van der Waals surface area contributed by atoms with E-state index < -0.39 is 5.91 Å². The van der Waals surface area contributed by atoms with Crippen LogP contribution < -0.4 is 11.5 Å². The van der Waals surface area contributed by atoms with Gasteiger partial charge >= 0.3 is 0 Å². The van der Waals surface area contributed by atoms with Crippen LogP contribution in [0, 0.1) is 0 Å². The standard InChI is InChI=1S/C7H13N3O/c1-3-10-6(7(9)11)4-5(2)8/h4H,3,8H2,1-2H3,(H2,9,11). The van der Waals surface area contributed by atoms with Crippen LogP contribution in [0.15, 0.2) is 16.8 Å². The van der Waals surface area contributed by atoms with Gasteiger partial charge in [-0.2, -0.15) is 0 Å². The van der Waals surface area contributed by atoms with Crippen molar-refractivity contribution in [2.75, 3.05) is 6.54 Å². The van der Waals surface area contributed by atoms with Gasteiger partial charge in [0.15, 0.2) is 0 Å². The number of allylic oxidation sites excluding steroid dienone is 1. The van der Waals surface area contributed by atoms with Gasteiger partial charge in [-0.15, -0.1) is 0 Å². The molecule has 0 aliphatic rings. The number of nitrogens with two attached hydrogens (primary N) is 2. The summed E-state index contributed by atoms with van der Waals surface area (Å²) in [6.07, 6.45) is 1.46. The van der Waals surface area contributed by atoms with E-state index in [9.17, 15) is 4.79 Å². The van der Waals surface area contributed by atoms with E-state index in [2.05, 4.69) is 4.99 Å². The lowest BCUT2D eigenvalue weighted by Crippen LogP contribution is -2.22. The summed E-state index contributed by atoms with van der Waals surface area (Å²) in [6, 6.07) is 0. The van der Waals surface area contributed by atoms with Gasteiger partial charge in [0.1, 0.15) is 5.71 Å².